The predicted molar refractivity (Wildman–Crippen MR) is 122 cm³/mol. The van der Waals surface area contributed by atoms with Crippen molar-refractivity contribution >= 4 is 29.5 Å². The Morgan fingerprint density at radius 3 is 2.34 bits per heavy atom. The predicted octanol–water partition coefficient (Wildman–Crippen LogP) is 5.95. The Hall–Kier alpha value is -3.88. The summed E-state index contributed by atoms with van der Waals surface area (Å²) in [6.45, 7) is 3.37. The van der Waals surface area contributed by atoms with Crippen LogP contribution < -0.4 is 0 Å². The molecule has 0 bridgehead atoms. The first kappa shape index (κ1) is 21.4. The van der Waals surface area contributed by atoms with Crippen LogP contribution in [0.4, 0.5) is 0 Å². The summed E-state index contributed by atoms with van der Waals surface area (Å²) in [5, 5.41) is 10.2. The van der Waals surface area contributed by atoms with Crippen molar-refractivity contribution in [1.82, 2.24) is 4.90 Å². The van der Waals surface area contributed by atoms with Crippen molar-refractivity contribution in [2.24, 2.45) is 0 Å². The van der Waals surface area contributed by atoms with Gasteiger partial charge in [-0.3, -0.25) is 14.5 Å². The van der Waals surface area contributed by atoms with Crippen LogP contribution in [0.2, 0.25) is 5.02 Å². The normalized spacial score (nSPS) is 16.4. The lowest BCUT2D eigenvalue weighted by Crippen LogP contribution is -2.44. The van der Waals surface area contributed by atoms with Crippen molar-refractivity contribution in [1.29, 1.82) is 5.26 Å². The van der Waals surface area contributed by atoms with Gasteiger partial charge in [0.1, 0.15) is 23.2 Å². The van der Waals surface area contributed by atoms with Gasteiger partial charge in [-0.2, -0.15) is 5.26 Å². The fourth-order valence-electron chi connectivity index (χ4n) is 3.67. The van der Waals surface area contributed by atoms with E-state index in [-0.39, 0.29) is 11.1 Å². The van der Waals surface area contributed by atoms with Gasteiger partial charge in [-0.1, -0.05) is 41.9 Å². The fraction of sp³-hybridized carbons (Fsp3) is 0.115. The Bertz CT molecular complexity index is 1290. The first-order valence-electron chi connectivity index (χ1n) is 10.0. The maximum atomic E-state index is 13.4. The van der Waals surface area contributed by atoms with Gasteiger partial charge in [0.05, 0.1) is 6.04 Å². The number of halogens is 1. The largest absolute Gasteiger partial charge is 0.457 e. The molecular formula is C26H19ClN2O3. The van der Waals surface area contributed by atoms with Crippen molar-refractivity contribution in [2.75, 3.05) is 0 Å². The molecule has 5 nitrogen and oxygen atoms in total. The number of hydrogen-bond donors (Lipinski definition) is 0. The summed E-state index contributed by atoms with van der Waals surface area (Å²) in [6, 6.07) is 21.4. The first-order chi connectivity index (χ1) is 15.4. The number of benzene rings is 2. The lowest BCUT2D eigenvalue weighted by molar-refractivity contribution is -0.143. The molecule has 1 aliphatic rings. The van der Waals surface area contributed by atoms with Gasteiger partial charge in [0, 0.05) is 16.2 Å². The summed E-state index contributed by atoms with van der Waals surface area (Å²) >= 11 is 5.95. The van der Waals surface area contributed by atoms with Crippen molar-refractivity contribution in [2.45, 2.75) is 19.9 Å². The Balaban J connectivity index is 1.74. The van der Waals surface area contributed by atoms with Crippen molar-refractivity contribution in [3.63, 3.8) is 0 Å². The van der Waals surface area contributed by atoms with Crippen LogP contribution >= 0.6 is 11.6 Å². The summed E-state index contributed by atoms with van der Waals surface area (Å²) in [6.07, 6.45) is 1.57. The number of hydrogen-bond acceptors (Lipinski definition) is 4. The highest BCUT2D eigenvalue weighted by Crippen LogP contribution is 2.33. The molecule has 1 unspecified atom stereocenters. The van der Waals surface area contributed by atoms with Gasteiger partial charge in [0.2, 0.25) is 0 Å². The zero-order valence-corrected chi connectivity index (χ0v) is 18.3. The molecule has 0 aliphatic carbocycles. The highest BCUT2D eigenvalue weighted by molar-refractivity contribution is 6.30. The maximum absolute atomic E-state index is 13.4. The first-order valence-corrected chi connectivity index (χ1v) is 10.4. The number of imide groups is 1. The average Bonchev–Trinajstić information content (AvgIpc) is 3.27. The van der Waals surface area contributed by atoms with E-state index >= 15 is 0 Å². The van der Waals surface area contributed by atoms with Gasteiger partial charge in [-0.15, -0.1) is 0 Å². The van der Waals surface area contributed by atoms with Crippen LogP contribution in [0.25, 0.3) is 17.4 Å². The molecule has 4 rings (SSSR count). The summed E-state index contributed by atoms with van der Waals surface area (Å²) in [5.74, 6) is -0.00167. The quantitative estimate of drug-likeness (QED) is 0.369. The molecule has 2 heterocycles. The Morgan fingerprint density at radius 2 is 1.69 bits per heavy atom. The molecule has 6 heteroatoms. The van der Waals surface area contributed by atoms with Gasteiger partial charge in [0.25, 0.3) is 11.8 Å². The zero-order chi connectivity index (χ0) is 22.8. The third kappa shape index (κ3) is 3.89. The van der Waals surface area contributed by atoms with E-state index in [4.69, 9.17) is 16.0 Å². The molecule has 1 aromatic heterocycles. The number of amides is 2. The van der Waals surface area contributed by atoms with E-state index in [1.807, 2.05) is 48.5 Å². The molecule has 158 valence electrons. The lowest BCUT2D eigenvalue weighted by atomic mass is 9.92. The van der Waals surface area contributed by atoms with Crippen LogP contribution in [0.5, 0.6) is 0 Å². The molecule has 0 fully saturated rings. The van der Waals surface area contributed by atoms with Gasteiger partial charge in [0.15, 0.2) is 0 Å². The second-order valence-corrected chi connectivity index (χ2v) is 7.88. The monoisotopic (exact) mass is 442 g/mol. The molecule has 1 aliphatic heterocycles. The van der Waals surface area contributed by atoms with Crippen molar-refractivity contribution in [3.05, 3.63) is 99.8 Å². The molecule has 3 aromatic rings. The molecule has 0 spiro atoms. The summed E-state index contributed by atoms with van der Waals surface area (Å²) < 4.78 is 5.90. The Morgan fingerprint density at radius 1 is 1.00 bits per heavy atom. The van der Waals surface area contributed by atoms with Gasteiger partial charge >= 0.3 is 0 Å². The van der Waals surface area contributed by atoms with Crippen LogP contribution in [-0.4, -0.2) is 16.7 Å². The molecule has 2 amide bonds. The number of rotatable bonds is 4. The van der Waals surface area contributed by atoms with Crippen LogP contribution in [0.15, 0.2) is 87.9 Å². The number of carbonyl (C=O) groups excluding carboxylic acids is 2. The van der Waals surface area contributed by atoms with Gasteiger partial charge in [-0.25, -0.2) is 0 Å². The van der Waals surface area contributed by atoms with Crippen LogP contribution in [0, 0.1) is 11.3 Å². The van der Waals surface area contributed by atoms with E-state index in [1.165, 1.54) is 0 Å². The molecule has 0 saturated heterocycles. The number of carbonyl (C=O) groups is 2. The van der Waals surface area contributed by atoms with E-state index in [9.17, 15) is 14.9 Å². The van der Waals surface area contributed by atoms with E-state index < -0.39 is 17.9 Å². The van der Waals surface area contributed by atoms with E-state index in [2.05, 4.69) is 0 Å². The van der Waals surface area contributed by atoms with E-state index in [1.54, 1.807) is 44.2 Å². The fourth-order valence-corrected chi connectivity index (χ4v) is 3.80. The third-order valence-electron chi connectivity index (χ3n) is 5.48. The minimum absolute atomic E-state index is 0.0527. The maximum Gasteiger partial charge on any atom is 0.272 e. The van der Waals surface area contributed by atoms with Crippen molar-refractivity contribution < 1.29 is 14.0 Å². The zero-order valence-electron chi connectivity index (χ0n) is 17.5. The second-order valence-electron chi connectivity index (χ2n) is 7.45. The molecule has 32 heavy (non-hydrogen) atoms. The smallest absolute Gasteiger partial charge is 0.272 e. The van der Waals surface area contributed by atoms with Gasteiger partial charge < -0.3 is 4.42 Å². The minimum Gasteiger partial charge on any atom is -0.457 e. The van der Waals surface area contributed by atoms with Crippen molar-refractivity contribution in [3.8, 4) is 17.4 Å². The SMILES string of the molecule is CC1=C(C#N)C(=O)N(C(C)c2ccccc2)C(=O)/C1=C/c1ccc(-c2ccc(Cl)cc2)o1. The topological polar surface area (TPSA) is 74.3 Å². The second kappa shape index (κ2) is 8.70. The number of nitrogens with zero attached hydrogens (tertiary/aromatic N) is 2. The summed E-state index contributed by atoms with van der Waals surface area (Å²) in [4.78, 5) is 27.5. The molecule has 1 atom stereocenters. The van der Waals surface area contributed by atoms with Crippen LogP contribution in [-0.2, 0) is 9.59 Å². The third-order valence-corrected chi connectivity index (χ3v) is 5.74. The van der Waals surface area contributed by atoms with Crippen LogP contribution in [0.1, 0.15) is 31.2 Å². The lowest BCUT2D eigenvalue weighted by Gasteiger charge is -2.32. The molecule has 2 aromatic carbocycles. The average molecular weight is 443 g/mol. The highest BCUT2D eigenvalue weighted by Gasteiger charge is 2.38. The van der Waals surface area contributed by atoms with E-state index in [0.717, 1.165) is 16.0 Å². The van der Waals surface area contributed by atoms with Crippen LogP contribution in [0.3, 0.4) is 0 Å². The van der Waals surface area contributed by atoms with E-state index in [0.29, 0.717) is 22.1 Å². The molecule has 0 saturated carbocycles. The summed E-state index contributed by atoms with van der Waals surface area (Å²) in [5.41, 5.74) is 2.18. The summed E-state index contributed by atoms with van der Waals surface area (Å²) in [7, 11) is 0. The minimum atomic E-state index is -0.593. The molecule has 0 radical (unpaired) electrons. The molecular weight excluding hydrogens is 424 g/mol. The Kier molecular flexibility index (Phi) is 5.81. The number of nitriles is 1. The highest BCUT2D eigenvalue weighted by atomic mass is 35.5. The standard InChI is InChI=1S/C26H19ClN2O3/c1-16-22(14-21-12-13-24(32-21)19-8-10-20(27)11-9-19)25(30)29(26(31)23(16)15-28)17(2)18-6-4-3-5-7-18/h3-14,17H,1-2H3/b22-14+. The number of furan rings is 1. The van der Waals surface area contributed by atoms with Gasteiger partial charge in [-0.05, 0) is 67.5 Å². The molecule has 0 N–H and O–H groups in total. The Labute approximate surface area is 190 Å².